The Kier molecular flexibility index (Phi) is 3.88. The van der Waals surface area contributed by atoms with E-state index in [0.29, 0.717) is 26.2 Å². The molecule has 1 aliphatic carbocycles. The molecule has 4 rings (SSSR count). The zero-order chi connectivity index (χ0) is 16.6. The van der Waals surface area contributed by atoms with Crippen LogP contribution < -0.4 is 0 Å². The quantitative estimate of drug-likeness (QED) is 0.862. The first-order valence-electron chi connectivity index (χ1n) is 8.38. The van der Waals surface area contributed by atoms with Gasteiger partial charge in [0.15, 0.2) is 0 Å². The molecule has 4 nitrogen and oxygen atoms in total. The Morgan fingerprint density at radius 1 is 0.875 bits per heavy atom. The van der Waals surface area contributed by atoms with Crippen molar-refractivity contribution in [1.29, 1.82) is 0 Å². The van der Waals surface area contributed by atoms with Crippen molar-refractivity contribution in [3.05, 3.63) is 58.3 Å². The zero-order valence-corrected chi connectivity index (χ0v) is 14.3. The van der Waals surface area contributed by atoms with Crippen LogP contribution in [0.15, 0.2) is 47.8 Å². The molecule has 1 aliphatic heterocycles. The van der Waals surface area contributed by atoms with E-state index in [2.05, 4.69) is 12.1 Å². The van der Waals surface area contributed by atoms with Crippen LogP contribution in [0.2, 0.25) is 0 Å². The molecule has 1 saturated carbocycles. The molecule has 124 valence electrons. The van der Waals surface area contributed by atoms with Crippen molar-refractivity contribution in [2.75, 3.05) is 26.2 Å². The summed E-state index contributed by atoms with van der Waals surface area (Å²) < 4.78 is 0. The second-order valence-electron chi connectivity index (χ2n) is 6.51. The molecule has 24 heavy (non-hydrogen) atoms. The summed E-state index contributed by atoms with van der Waals surface area (Å²) in [4.78, 5) is 30.0. The number of hydrogen-bond acceptors (Lipinski definition) is 3. The summed E-state index contributed by atoms with van der Waals surface area (Å²) in [5.74, 6) is 0.318. The van der Waals surface area contributed by atoms with Gasteiger partial charge in [-0.2, -0.15) is 0 Å². The van der Waals surface area contributed by atoms with Crippen LogP contribution in [0.5, 0.6) is 0 Å². The van der Waals surface area contributed by atoms with Gasteiger partial charge in [0, 0.05) is 26.2 Å². The lowest BCUT2D eigenvalue weighted by Crippen LogP contribution is -2.52. The molecule has 2 aromatic rings. The summed E-state index contributed by atoms with van der Waals surface area (Å²) in [6.45, 7) is 2.50. The Bertz CT molecular complexity index is 730. The second-order valence-corrected chi connectivity index (χ2v) is 7.46. The summed E-state index contributed by atoms with van der Waals surface area (Å²) >= 11 is 1.47. The van der Waals surface area contributed by atoms with Gasteiger partial charge in [-0.05, 0) is 29.9 Å². The Hall–Kier alpha value is -2.14. The highest BCUT2D eigenvalue weighted by Crippen LogP contribution is 2.49. The molecule has 0 bridgehead atoms. The number of hydrogen-bond donors (Lipinski definition) is 0. The number of amides is 2. The molecule has 1 aromatic heterocycles. The average molecular weight is 340 g/mol. The molecule has 1 saturated heterocycles. The van der Waals surface area contributed by atoms with Crippen molar-refractivity contribution in [3.63, 3.8) is 0 Å². The van der Waals surface area contributed by atoms with E-state index in [0.717, 1.165) is 23.3 Å². The second kappa shape index (κ2) is 6.06. The van der Waals surface area contributed by atoms with E-state index < -0.39 is 0 Å². The molecule has 2 amide bonds. The first-order valence-corrected chi connectivity index (χ1v) is 9.26. The van der Waals surface area contributed by atoms with Gasteiger partial charge in [-0.25, -0.2) is 0 Å². The molecule has 0 N–H and O–H groups in total. The fraction of sp³-hybridized carbons (Fsp3) is 0.368. The summed E-state index contributed by atoms with van der Waals surface area (Å²) in [7, 11) is 0. The van der Waals surface area contributed by atoms with Crippen molar-refractivity contribution >= 4 is 23.2 Å². The molecular weight excluding hydrogens is 320 g/mol. The summed E-state index contributed by atoms with van der Waals surface area (Å²) in [5, 5.41) is 1.92. The van der Waals surface area contributed by atoms with Crippen molar-refractivity contribution in [2.45, 2.75) is 18.3 Å². The van der Waals surface area contributed by atoms with Gasteiger partial charge in [-0.3, -0.25) is 9.59 Å². The van der Waals surface area contributed by atoms with Gasteiger partial charge in [-0.1, -0.05) is 36.4 Å². The van der Waals surface area contributed by atoms with Crippen molar-refractivity contribution in [2.24, 2.45) is 0 Å². The van der Waals surface area contributed by atoms with Crippen molar-refractivity contribution in [3.8, 4) is 0 Å². The molecule has 5 heteroatoms. The predicted octanol–water partition coefficient (Wildman–Crippen LogP) is 2.76. The number of carbonyl (C=O) groups excluding carboxylic acids is 2. The van der Waals surface area contributed by atoms with Crippen LogP contribution >= 0.6 is 11.3 Å². The summed E-state index contributed by atoms with van der Waals surface area (Å²) in [6, 6.07) is 13.9. The first-order chi connectivity index (χ1) is 11.7. The minimum Gasteiger partial charge on any atom is -0.338 e. The Morgan fingerprint density at radius 3 is 2.12 bits per heavy atom. The molecule has 2 aliphatic rings. The summed E-state index contributed by atoms with van der Waals surface area (Å²) in [6.07, 6.45) is 1.87. The maximum Gasteiger partial charge on any atom is 0.264 e. The zero-order valence-electron chi connectivity index (χ0n) is 13.5. The van der Waals surface area contributed by atoms with E-state index in [1.54, 1.807) is 0 Å². The summed E-state index contributed by atoms with van der Waals surface area (Å²) in [5.41, 5.74) is 0.827. The number of piperazine rings is 1. The van der Waals surface area contributed by atoms with Crippen molar-refractivity contribution < 1.29 is 9.59 Å². The Morgan fingerprint density at radius 2 is 1.54 bits per heavy atom. The van der Waals surface area contributed by atoms with E-state index in [1.807, 2.05) is 45.5 Å². The lowest BCUT2D eigenvalue weighted by atomic mass is 9.94. The van der Waals surface area contributed by atoms with Crippen LogP contribution in [0.25, 0.3) is 0 Å². The van der Waals surface area contributed by atoms with Crippen molar-refractivity contribution in [1.82, 2.24) is 9.80 Å². The third-order valence-corrected chi connectivity index (χ3v) is 5.93. The number of carbonyl (C=O) groups is 2. The number of thiophene rings is 1. The maximum atomic E-state index is 13.0. The molecular formula is C19H20N2O2S. The predicted molar refractivity (Wildman–Crippen MR) is 94.2 cm³/mol. The van der Waals surface area contributed by atoms with Crippen LogP contribution in [0.3, 0.4) is 0 Å². The molecule has 2 heterocycles. The highest BCUT2D eigenvalue weighted by atomic mass is 32.1. The molecule has 0 spiro atoms. The lowest BCUT2D eigenvalue weighted by Gasteiger charge is -2.36. The van der Waals surface area contributed by atoms with Gasteiger partial charge in [0.2, 0.25) is 5.91 Å². The fourth-order valence-corrected chi connectivity index (χ4v) is 4.17. The number of nitrogens with zero attached hydrogens (tertiary/aromatic N) is 2. The largest absolute Gasteiger partial charge is 0.338 e. The third-order valence-electron chi connectivity index (χ3n) is 5.07. The topological polar surface area (TPSA) is 40.6 Å². The normalized spacial score (nSPS) is 19.2. The van der Waals surface area contributed by atoms with E-state index in [1.165, 1.54) is 11.3 Å². The molecule has 0 radical (unpaired) electrons. The van der Waals surface area contributed by atoms with E-state index >= 15 is 0 Å². The monoisotopic (exact) mass is 340 g/mol. The minimum absolute atomic E-state index is 0.0845. The van der Waals surface area contributed by atoms with Gasteiger partial charge in [-0.15, -0.1) is 11.3 Å². The SMILES string of the molecule is O=C(c1cccs1)N1CCN(C(=O)C2(c3ccccc3)CC2)CC1. The van der Waals surface area contributed by atoms with Crippen LogP contribution in [-0.2, 0) is 10.2 Å². The van der Waals surface area contributed by atoms with E-state index in [-0.39, 0.29) is 17.2 Å². The van der Waals surface area contributed by atoms with Gasteiger partial charge < -0.3 is 9.80 Å². The van der Waals surface area contributed by atoms with Crippen LogP contribution in [0, 0.1) is 0 Å². The first kappa shape index (κ1) is 15.4. The van der Waals surface area contributed by atoms with Crippen LogP contribution in [-0.4, -0.2) is 47.8 Å². The third kappa shape index (κ3) is 2.63. The Labute approximate surface area is 145 Å². The molecule has 2 fully saturated rings. The Balaban J connectivity index is 1.41. The van der Waals surface area contributed by atoms with Gasteiger partial charge >= 0.3 is 0 Å². The number of rotatable bonds is 3. The smallest absolute Gasteiger partial charge is 0.264 e. The van der Waals surface area contributed by atoms with E-state index in [4.69, 9.17) is 0 Å². The molecule has 0 unspecified atom stereocenters. The standard InChI is InChI=1S/C19H20N2O2S/c22-17(16-7-4-14-24-16)20-10-12-21(13-11-20)18(23)19(8-9-19)15-5-2-1-3-6-15/h1-7,14H,8-13H2. The maximum absolute atomic E-state index is 13.0. The molecule has 0 atom stereocenters. The van der Waals surface area contributed by atoms with E-state index in [9.17, 15) is 9.59 Å². The minimum atomic E-state index is -0.304. The lowest BCUT2D eigenvalue weighted by molar-refractivity contribution is -0.135. The van der Waals surface area contributed by atoms with Gasteiger partial charge in [0.05, 0.1) is 10.3 Å². The van der Waals surface area contributed by atoms with Crippen LogP contribution in [0.4, 0.5) is 0 Å². The highest BCUT2D eigenvalue weighted by Gasteiger charge is 2.53. The van der Waals surface area contributed by atoms with Gasteiger partial charge in [0.25, 0.3) is 5.91 Å². The van der Waals surface area contributed by atoms with Crippen LogP contribution in [0.1, 0.15) is 28.1 Å². The number of benzene rings is 1. The highest BCUT2D eigenvalue weighted by molar-refractivity contribution is 7.12. The molecule has 1 aromatic carbocycles. The average Bonchev–Trinajstić information content (AvgIpc) is 3.28. The van der Waals surface area contributed by atoms with Gasteiger partial charge in [0.1, 0.15) is 0 Å². The fourth-order valence-electron chi connectivity index (χ4n) is 3.48.